The maximum Gasteiger partial charge on any atom is 0.195 e. The van der Waals surface area contributed by atoms with E-state index in [0.717, 1.165) is 11.1 Å². The molecule has 120 valence electrons. The molecular weight excluding hydrogens is 332 g/mol. The Bertz CT molecular complexity index is 1130. The van der Waals surface area contributed by atoms with Gasteiger partial charge in [0.1, 0.15) is 0 Å². The highest BCUT2D eigenvalue weighted by Gasteiger charge is 2.34. The molecule has 1 aliphatic heterocycles. The lowest BCUT2D eigenvalue weighted by Crippen LogP contribution is -2.23. The molecule has 0 saturated heterocycles. The molecular formula is C21H12O3S. The number of hydrogen-bond donors (Lipinski definition) is 0. The van der Waals surface area contributed by atoms with Crippen LogP contribution in [0.1, 0.15) is 43.0 Å². The molecule has 0 amide bonds. The van der Waals surface area contributed by atoms with Crippen molar-refractivity contribution < 1.29 is 13.8 Å². The third-order valence-electron chi connectivity index (χ3n) is 4.90. The second-order valence-electron chi connectivity index (χ2n) is 6.23. The predicted octanol–water partition coefficient (Wildman–Crippen LogP) is 3.53. The summed E-state index contributed by atoms with van der Waals surface area (Å²) < 4.78 is 13.2. The summed E-state index contributed by atoms with van der Waals surface area (Å²) in [5.74, 6) is -0.192. The van der Waals surface area contributed by atoms with Crippen LogP contribution in [-0.4, -0.2) is 15.8 Å². The van der Waals surface area contributed by atoms with Crippen molar-refractivity contribution in [1.82, 2.24) is 0 Å². The summed E-state index contributed by atoms with van der Waals surface area (Å²) in [5.41, 5.74) is 3.80. The fourth-order valence-corrected chi connectivity index (χ4v) is 5.26. The van der Waals surface area contributed by atoms with Crippen molar-refractivity contribution in [1.29, 1.82) is 0 Å². The Morgan fingerprint density at radius 1 is 0.680 bits per heavy atom. The molecule has 0 spiro atoms. The minimum Gasteiger partial charge on any atom is -0.289 e. The van der Waals surface area contributed by atoms with E-state index in [0.29, 0.717) is 38.5 Å². The topological polar surface area (TPSA) is 51.2 Å². The summed E-state index contributed by atoms with van der Waals surface area (Å²) in [4.78, 5) is 26.7. The van der Waals surface area contributed by atoms with Crippen LogP contribution in [0, 0.1) is 0 Å². The minimum atomic E-state index is -1.46. The van der Waals surface area contributed by atoms with Crippen molar-refractivity contribution in [2.24, 2.45) is 0 Å². The predicted molar refractivity (Wildman–Crippen MR) is 93.7 cm³/mol. The van der Waals surface area contributed by atoms with Gasteiger partial charge in [0.15, 0.2) is 11.6 Å². The smallest absolute Gasteiger partial charge is 0.195 e. The van der Waals surface area contributed by atoms with Crippen LogP contribution in [0.3, 0.4) is 0 Å². The van der Waals surface area contributed by atoms with Crippen LogP contribution in [0.25, 0.3) is 0 Å². The van der Waals surface area contributed by atoms with Crippen LogP contribution in [0.2, 0.25) is 0 Å². The van der Waals surface area contributed by atoms with E-state index >= 15 is 0 Å². The Balaban J connectivity index is 1.80. The van der Waals surface area contributed by atoms with E-state index in [2.05, 4.69) is 0 Å². The zero-order chi connectivity index (χ0) is 17.1. The van der Waals surface area contributed by atoms with Gasteiger partial charge in [0.25, 0.3) is 0 Å². The molecule has 0 aromatic heterocycles. The van der Waals surface area contributed by atoms with E-state index in [4.69, 9.17) is 0 Å². The van der Waals surface area contributed by atoms with Crippen molar-refractivity contribution in [2.45, 2.75) is 16.2 Å². The Hall–Kier alpha value is -2.85. The molecule has 0 saturated carbocycles. The highest BCUT2D eigenvalue weighted by atomic mass is 32.2. The molecule has 0 N–H and O–H groups in total. The van der Waals surface area contributed by atoms with Crippen LogP contribution in [-0.2, 0) is 17.2 Å². The standard InChI is InChI=1S/C21H12O3S/c22-19-13-6-2-1-5-12(13)11-17-14(19)9-10-16-20(23)15-7-3-4-8-18(15)25(24)21(16)17/h1-10H,11H2. The number of benzene rings is 3. The molecule has 1 heterocycles. The summed E-state index contributed by atoms with van der Waals surface area (Å²) in [5, 5.41) is 0. The fraction of sp³-hybridized carbons (Fsp3) is 0.0476. The van der Waals surface area contributed by atoms with Gasteiger partial charge in [-0.3, -0.25) is 9.59 Å². The number of carbonyl (C=O) groups is 2. The molecule has 5 rings (SSSR count). The summed E-state index contributed by atoms with van der Waals surface area (Å²) in [7, 11) is -1.46. The second kappa shape index (κ2) is 5.07. The number of hydrogen-bond acceptors (Lipinski definition) is 3. The Morgan fingerprint density at radius 3 is 2.16 bits per heavy atom. The number of rotatable bonds is 0. The summed E-state index contributed by atoms with van der Waals surface area (Å²) >= 11 is 0. The van der Waals surface area contributed by atoms with E-state index in [9.17, 15) is 13.8 Å². The Kier molecular flexibility index (Phi) is 2.94. The summed E-state index contributed by atoms with van der Waals surface area (Å²) in [6.07, 6.45) is 0.515. The number of fused-ring (bicyclic) bond motifs is 5. The first-order valence-electron chi connectivity index (χ1n) is 8.01. The maximum atomic E-state index is 13.2. The van der Waals surface area contributed by atoms with E-state index in [1.54, 1.807) is 36.4 Å². The average Bonchev–Trinajstić information content (AvgIpc) is 2.65. The van der Waals surface area contributed by atoms with Gasteiger partial charge in [0, 0.05) is 28.7 Å². The Labute approximate surface area is 146 Å². The first-order chi connectivity index (χ1) is 12.2. The number of ketones is 2. The Morgan fingerprint density at radius 2 is 1.32 bits per heavy atom. The molecule has 1 unspecified atom stereocenters. The van der Waals surface area contributed by atoms with E-state index in [1.807, 2.05) is 24.3 Å². The van der Waals surface area contributed by atoms with Crippen LogP contribution >= 0.6 is 0 Å². The van der Waals surface area contributed by atoms with Crippen molar-refractivity contribution in [3.8, 4) is 0 Å². The SMILES string of the molecule is O=C1c2ccccc2Cc2c1ccc1c2S(=O)c2ccccc2C1=O. The maximum absolute atomic E-state index is 13.2. The molecule has 3 nitrogen and oxygen atoms in total. The van der Waals surface area contributed by atoms with E-state index in [1.165, 1.54) is 0 Å². The van der Waals surface area contributed by atoms with Gasteiger partial charge in [0.05, 0.1) is 20.6 Å². The van der Waals surface area contributed by atoms with E-state index < -0.39 is 10.8 Å². The molecule has 1 aliphatic carbocycles. The molecule has 0 fully saturated rings. The lowest BCUT2D eigenvalue weighted by Gasteiger charge is -2.25. The molecule has 3 aromatic carbocycles. The summed E-state index contributed by atoms with van der Waals surface area (Å²) in [6, 6.07) is 17.8. The number of carbonyl (C=O) groups excluding carboxylic acids is 2. The van der Waals surface area contributed by atoms with Gasteiger partial charge in [-0.2, -0.15) is 0 Å². The molecule has 1 atom stereocenters. The third-order valence-corrected chi connectivity index (χ3v) is 6.49. The van der Waals surface area contributed by atoms with Crippen molar-refractivity contribution >= 4 is 22.4 Å². The molecule has 0 radical (unpaired) electrons. The first-order valence-corrected chi connectivity index (χ1v) is 9.16. The summed E-state index contributed by atoms with van der Waals surface area (Å²) in [6.45, 7) is 0. The molecule has 2 aliphatic rings. The fourth-order valence-electron chi connectivity index (χ4n) is 3.71. The molecule has 0 bridgehead atoms. The van der Waals surface area contributed by atoms with Crippen molar-refractivity contribution in [2.75, 3.05) is 0 Å². The van der Waals surface area contributed by atoms with Crippen LogP contribution < -0.4 is 0 Å². The first kappa shape index (κ1) is 14.5. The lowest BCUT2D eigenvalue weighted by molar-refractivity contribution is 0.102. The second-order valence-corrected chi connectivity index (χ2v) is 7.61. The van der Waals surface area contributed by atoms with Crippen molar-refractivity contribution in [3.05, 3.63) is 94.0 Å². The van der Waals surface area contributed by atoms with Gasteiger partial charge >= 0.3 is 0 Å². The van der Waals surface area contributed by atoms with Crippen LogP contribution in [0.5, 0.6) is 0 Å². The molecule has 4 heteroatoms. The minimum absolute atomic E-state index is 0.0667. The average molecular weight is 344 g/mol. The van der Waals surface area contributed by atoms with Gasteiger partial charge in [0.2, 0.25) is 0 Å². The van der Waals surface area contributed by atoms with Gasteiger partial charge in [-0.05, 0) is 35.4 Å². The van der Waals surface area contributed by atoms with Gasteiger partial charge in [-0.15, -0.1) is 0 Å². The molecule has 3 aromatic rings. The lowest BCUT2D eigenvalue weighted by atomic mass is 9.83. The van der Waals surface area contributed by atoms with Gasteiger partial charge in [-0.25, -0.2) is 4.21 Å². The zero-order valence-electron chi connectivity index (χ0n) is 13.1. The van der Waals surface area contributed by atoms with Crippen LogP contribution in [0.4, 0.5) is 0 Å². The highest BCUT2D eigenvalue weighted by molar-refractivity contribution is 7.85. The van der Waals surface area contributed by atoms with Gasteiger partial charge < -0.3 is 0 Å². The van der Waals surface area contributed by atoms with E-state index in [-0.39, 0.29) is 11.6 Å². The highest BCUT2D eigenvalue weighted by Crippen LogP contribution is 2.38. The monoisotopic (exact) mass is 344 g/mol. The third kappa shape index (κ3) is 1.88. The normalized spacial score (nSPS) is 17.4. The largest absolute Gasteiger partial charge is 0.289 e. The zero-order valence-corrected chi connectivity index (χ0v) is 13.9. The molecule has 25 heavy (non-hydrogen) atoms. The quantitative estimate of drug-likeness (QED) is 0.432. The van der Waals surface area contributed by atoms with Crippen LogP contribution in [0.15, 0.2) is 70.5 Å². The van der Waals surface area contributed by atoms with Gasteiger partial charge in [-0.1, -0.05) is 36.4 Å². The van der Waals surface area contributed by atoms with Crippen molar-refractivity contribution in [3.63, 3.8) is 0 Å².